The molecule has 1 aliphatic rings. The maximum atomic E-state index is 12.1. The Balaban J connectivity index is 1.70. The van der Waals surface area contributed by atoms with E-state index in [2.05, 4.69) is 17.4 Å². The quantitative estimate of drug-likeness (QED) is 0.921. The summed E-state index contributed by atoms with van der Waals surface area (Å²) < 4.78 is 5.16. The standard InChI is InChI=1S/C18H20N2O2/c1-22-16-9-7-15(8-10-16)19-17-11-12-18(21)20(17)13-14-5-3-2-4-6-14/h2-10,17,19H,11-13H2,1H3/t17-/m1/s1. The molecule has 1 atom stereocenters. The summed E-state index contributed by atoms with van der Waals surface area (Å²) in [4.78, 5) is 14.1. The van der Waals surface area contributed by atoms with Crippen molar-refractivity contribution in [3.05, 3.63) is 60.2 Å². The van der Waals surface area contributed by atoms with E-state index < -0.39 is 0 Å². The molecule has 0 unspecified atom stereocenters. The molecule has 22 heavy (non-hydrogen) atoms. The van der Waals surface area contributed by atoms with Crippen LogP contribution in [-0.2, 0) is 11.3 Å². The summed E-state index contributed by atoms with van der Waals surface area (Å²) in [6, 6.07) is 17.9. The summed E-state index contributed by atoms with van der Waals surface area (Å²) in [7, 11) is 1.65. The van der Waals surface area contributed by atoms with Crippen LogP contribution in [0.3, 0.4) is 0 Å². The van der Waals surface area contributed by atoms with Gasteiger partial charge in [0.1, 0.15) is 11.9 Å². The maximum Gasteiger partial charge on any atom is 0.224 e. The molecule has 114 valence electrons. The lowest BCUT2D eigenvalue weighted by Gasteiger charge is -2.26. The fourth-order valence-corrected chi connectivity index (χ4v) is 2.74. The van der Waals surface area contributed by atoms with Gasteiger partial charge in [-0.3, -0.25) is 4.79 Å². The number of benzene rings is 2. The average molecular weight is 296 g/mol. The van der Waals surface area contributed by atoms with Crippen LogP contribution in [0, 0.1) is 0 Å². The van der Waals surface area contributed by atoms with Crippen LogP contribution in [0.15, 0.2) is 54.6 Å². The van der Waals surface area contributed by atoms with Crippen LogP contribution in [0.4, 0.5) is 5.69 Å². The lowest BCUT2D eigenvalue weighted by molar-refractivity contribution is -0.129. The zero-order chi connectivity index (χ0) is 15.4. The van der Waals surface area contributed by atoms with Crippen molar-refractivity contribution in [3.8, 4) is 5.75 Å². The van der Waals surface area contributed by atoms with Crippen LogP contribution in [-0.4, -0.2) is 24.1 Å². The maximum absolute atomic E-state index is 12.1. The number of carbonyl (C=O) groups is 1. The first-order valence-corrected chi connectivity index (χ1v) is 7.50. The first kappa shape index (κ1) is 14.4. The molecular weight excluding hydrogens is 276 g/mol. The van der Waals surface area contributed by atoms with Gasteiger partial charge in [-0.25, -0.2) is 0 Å². The number of nitrogens with one attached hydrogen (secondary N) is 1. The Labute approximate surface area is 130 Å². The van der Waals surface area contributed by atoms with Gasteiger partial charge in [0.2, 0.25) is 5.91 Å². The van der Waals surface area contributed by atoms with Crippen molar-refractivity contribution in [2.45, 2.75) is 25.6 Å². The highest BCUT2D eigenvalue weighted by atomic mass is 16.5. The molecule has 1 heterocycles. The molecule has 2 aromatic rings. The highest BCUT2D eigenvalue weighted by Gasteiger charge is 2.30. The lowest BCUT2D eigenvalue weighted by Crippen LogP contribution is -2.37. The number of rotatable bonds is 5. The topological polar surface area (TPSA) is 41.6 Å². The first-order valence-electron chi connectivity index (χ1n) is 7.50. The lowest BCUT2D eigenvalue weighted by atomic mass is 10.2. The molecule has 4 nitrogen and oxygen atoms in total. The smallest absolute Gasteiger partial charge is 0.224 e. The highest BCUT2D eigenvalue weighted by molar-refractivity contribution is 5.79. The summed E-state index contributed by atoms with van der Waals surface area (Å²) in [5, 5.41) is 3.44. The van der Waals surface area contributed by atoms with E-state index >= 15 is 0 Å². The molecule has 1 aliphatic heterocycles. The molecule has 0 radical (unpaired) electrons. The Morgan fingerprint density at radius 2 is 1.86 bits per heavy atom. The molecule has 0 saturated carbocycles. The Hall–Kier alpha value is -2.49. The third kappa shape index (κ3) is 3.22. The molecular formula is C18H20N2O2. The molecule has 1 N–H and O–H groups in total. The number of hydrogen-bond donors (Lipinski definition) is 1. The Morgan fingerprint density at radius 3 is 2.55 bits per heavy atom. The third-order valence-electron chi connectivity index (χ3n) is 3.95. The number of likely N-dealkylation sites (tertiary alicyclic amines) is 1. The molecule has 3 rings (SSSR count). The van der Waals surface area contributed by atoms with E-state index in [0.717, 1.165) is 23.4 Å². The molecule has 0 spiro atoms. The third-order valence-corrected chi connectivity index (χ3v) is 3.95. The van der Waals surface area contributed by atoms with Gasteiger partial charge in [0.25, 0.3) is 0 Å². The number of carbonyl (C=O) groups excluding carboxylic acids is 1. The fourth-order valence-electron chi connectivity index (χ4n) is 2.74. The summed E-state index contributed by atoms with van der Waals surface area (Å²) in [6.07, 6.45) is 1.47. The van der Waals surface area contributed by atoms with Crippen LogP contribution in [0.1, 0.15) is 18.4 Å². The predicted molar refractivity (Wildman–Crippen MR) is 86.6 cm³/mol. The Morgan fingerprint density at radius 1 is 1.14 bits per heavy atom. The van der Waals surface area contributed by atoms with E-state index in [0.29, 0.717) is 13.0 Å². The van der Waals surface area contributed by atoms with E-state index in [9.17, 15) is 4.79 Å². The molecule has 2 aromatic carbocycles. The van der Waals surface area contributed by atoms with Crippen molar-refractivity contribution < 1.29 is 9.53 Å². The monoisotopic (exact) mass is 296 g/mol. The highest BCUT2D eigenvalue weighted by Crippen LogP contribution is 2.24. The van der Waals surface area contributed by atoms with Gasteiger partial charge < -0.3 is 15.0 Å². The number of amides is 1. The molecule has 0 aromatic heterocycles. The summed E-state index contributed by atoms with van der Waals surface area (Å²) in [5.74, 6) is 1.03. The minimum Gasteiger partial charge on any atom is -0.497 e. The van der Waals surface area contributed by atoms with Gasteiger partial charge in [-0.05, 0) is 36.2 Å². The van der Waals surface area contributed by atoms with E-state index in [1.54, 1.807) is 7.11 Å². The number of anilines is 1. The van der Waals surface area contributed by atoms with Crippen LogP contribution in [0.2, 0.25) is 0 Å². The van der Waals surface area contributed by atoms with Gasteiger partial charge in [-0.1, -0.05) is 30.3 Å². The van der Waals surface area contributed by atoms with Gasteiger partial charge in [-0.15, -0.1) is 0 Å². The zero-order valence-corrected chi connectivity index (χ0v) is 12.7. The van der Waals surface area contributed by atoms with Gasteiger partial charge in [0.15, 0.2) is 0 Å². The first-order chi connectivity index (χ1) is 10.8. The van der Waals surface area contributed by atoms with Crippen molar-refractivity contribution in [2.75, 3.05) is 12.4 Å². The van der Waals surface area contributed by atoms with Gasteiger partial charge in [0.05, 0.1) is 7.11 Å². The van der Waals surface area contributed by atoms with Crippen molar-refractivity contribution in [2.24, 2.45) is 0 Å². The van der Waals surface area contributed by atoms with Crippen LogP contribution in [0.25, 0.3) is 0 Å². The number of hydrogen-bond acceptors (Lipinski definition) is 3. The van der Waals surface area contributed by atoms with Crippen molar-refractivity contribution in [1.82, 2.24) is 4.90 Å². The number of nitrogens with zero attached hydrogens (tertiary/aromatic N) is 1. The molecule has 1 saturated heterocycles. The second-order valence-corrected chi connectivity index (χ2v) is 5.43. The zero-order valence-electron chi connectivity index (χ0n) is 12.7. The normalized spacial score (nSPS) is 17.6. The number of methoxy groups -OCH3 is 1. The van der Waals surface area contributed by atoms with Gasteiger partial charge in [0, 0.05) is 18.7 Å². The van der Waals surface area contributed by atoms with E-state index in [-0.39, 0.29) is 12.1 Å². The van der Waals surface area contributed by atoms with Crippen LogP contribution >= 0.6 is 0 Å². The summed E-state index contributed by atoms with van der Waals surface area (Å²) in [6.45, 7) is 0.646. The second kappa shape index (κ2) is 6.52. The van der Waals surface area contributed by atoms with E-state index in [1.165, 1.54) is 0 Å². The SMILES string of the molecule is COc1ccc(N[C@H]2CCC(=O)N2Cc2ccccc2)cc1. The second-order valence-electron chi connectivity index (χ2n) is 5.43. The van der Waals surface area contributed by atoms with Crippen molar-refractivity contribution in [1.29, 1.82) is 0 Å². The number of ether oxygens (including phenoxy) is 1. The molecule has 4 heteroatoms. The minimum atomic E-state index is 0.0427. The van der Waals surface area contributed by atoms with Gasteiger partial charge in [-0.2, -0.15) is 0 Å². The van der Waals surface area contributed by atoms with E-state index in [1.807, 2.05) is 47.4 Å². The Kier molecular flexibility index (Phi) is 4.28. The molecule has 1 amide bonds. The molecule has 1 fully saturated rings. The van der Waals surface area contributed by atoms with Gasteiger partial charge >= 0.3 is 0 Å². The Bertz CT molecular complexity index is 625. The average Bonchev–Trinajstić information content (AvgIpc) is 2.90. The molecule has 0 aliphatic carbocycles. The molecule has 0 bridgehead atoms. The van der Waals surface area contributed by atoms with E-state index in [4.69, 9.17) is 4.74 Å². The summed E-state index contributed by atoms with van der Waals surface area (Å²) >= 11 is 0. The van der Waals surface area contributed by atoms with Crippen molar-refractivity contribution >= 4 is 11.6 Å². The summed E-state index contributed by atoms with van der Waals surface area (Å²) in [5.41, 5.74) is 2.15. The fraction of sp³-hybridized carbons (Fsp3) is 0.278. The van der Waals surface area contributed by atoms with Crippen LogP contribution in [0.5, 0.6) is 5.75 Å². The largest absolute Gasteiger partial charge is 0.497 e. The minimum absolute atomic E-state index is 0.0427. The van der Waals surface area contributed by atoms with Crippen LogP contribution < -0.4 is 10.1 Å². The predicted octanol–water partition coefficient (Wildman–Crippen LogP) is 3.26. The van der Waals surface area contributed by atoms with Crippen molar-refractivity contribution in [3.63, 3.8) is 0 Å².